The van der Waals surface area contributed by atoms with E-state index in [2.05, 4.69) is 0 Å². The van der Waals surface area contributed by atoms with Crippen molar-refractivity contribution in [2.24, 2.45) is 0 Å². The first kappa shape index (κ1) is 13.1. The van der Waals surface area contributed by atoms with Crippen molar-refractivity contribution in [3.8, 4) is 0 Å². The van der Waals surface area contributed by atoms with E-state index >= 15 is 0 Å². The van der Waals surface area contributed by atoms with E-state index in [0.29, 0.717) is 23.9 Å². The van der Waals surface area contributed by atoms with Crippen LogP contribution < -0.4 is 0 Å². The second-order valence-corrected chi connectivity index (χ2v) is 5.65. The molecule has 1 unspecified atom stereocenters. The largest absolute Gasteiger partial charge is 0.448 e. The third-order valence-electron chi connectivity index (χ3n) is 3.85. The number of aliphatic hydroxyl groups is 1. The maximum atomic E-state index is 13.7. The standard InChI is InChI=1S/C15H16FNO3/c1-9-10-4-3-5-11(16)13(10)20-12(9)14(18)17-7-6-15(2,19)8-17/h3-5,19H,6-8H2,1-2H3. The number of β-amino-alcohol motifs (C(OH)–C–C–N with tert-alkyl or cyclic N) is 1. The van der Waals surface area contributed by atoms with E-state index in [9.17, 15) is 14.3 Å². The molecule has 0 spiro atoms. The lowest BCUT2D eigenvalue weighted by molar-refractivity contribution is 0.0555. The lowest BCUT2D eigenvalue weighted by Gasteiger charge is -2.18. The molecule has 1 aromatic carbocycles. The van der Waals surface area contributed by atoms with E-state index in [1.807, 2.05) is 0 Å². The van der Waals surface area contributed by atoms with Crippen molar-refractivity contribution in [3.63, 3.8) is 0 Å². The summed E-state index contributed by atoms with van der Waals surface area (Å²) in [5, 5.41) is 10.5. The molecule has 1 N–H and O–H groups in total. The SMILES string of the molecule is Cc1c(C(=O)N2CCC(C)(O)C2)oc2c(F)cccc12. The van der Waals surface area contributed by atoms with Crippen molar-refractivity contribution in [3.05, 3.63) is 35.3 Å². The molecule has 20 heavy (non-hydrogen) atoms. The maximum absolute atomic E-state index is 13.7. The van der Waals surface area contributed by atoms with Crippen LogP contribution in [0.5, 0.6) is 0 Å². The van der Waals surface area contributed by atoms with Crippen LogP contribution in [0.4, 0.5) is 4.39 Å². The first-order chi connectivity index (χ1) is 9.39. The molecule has 1 fully saturated rings. The predicted octanol–water partition coefficient (Wildman–Crippen LogP) is 2.48. The fraction of sp³-hybridized carbons (Fsp3) is 0.400. The molecular weight excluding hydrogens is 261 g/mol. The fourth-order valence-electron chi connectivity index (χ4n) is 2.67. The van der Waals surface area contributed by atoms with Crippen LogP contribution >= 0.6 is 0 Å². The number of para-hydroxylation sites is 1. The van der Waals surface area contributed by atoms with Gasteiger partial charge in [-0.3, -0.25) is 4.79 Å². The molecule has 106 valence electrons. The molecular formula is C15H16FNO3. The van der Waals surface area contributed by atoms with Gasteiger partial charge in [0.2, 0.25) is 0 Å². The highest BCUT2D eigenvalue weighted by Crippen LogP contribution is 2.30. The quantitative estimate of drug-likeness (QED) is 0.871. The maximum Gasteiger partial charge on any atom is 0.289 e. The monoisotopic (exact) mass is 277 g/mol. The van der Waals surface area contributed by atoms with Gasteiger partial charge in [-0.05, 0) is 26.3 Å². The Balaban J connectivity index is 2.01. The van der Waals surface area contributed by atoms with Gasteiger partial charge in [0.15, 0.2) is 17.2 Å². The molecule has 3 rings (SSSR count). The third-order valence-corrected chi connectivity index (χ3v) is 3.85. The number of likely N-dealkylation sites (tertiary alicyclic amines) is 1. The molecule has 4 nitrogen and oxygen atoms in total. The predicted molar refractivity (Wildman–Crippen MR) is 72.1 cm³/mol. The Labute approximate surface area is 115 Å². The van der Waals surface area contributed by atoms with Gasteiger partial charge in [0.1, 0.15) is 0 Å². The highest BCUT2D eigenvalue weighted by atomic mass is 19.1. The van der Waals surface area contributed by atoms with E-state index in [1.54, 1.807) is 30.9 Å². The van der Waals surface area contributed by atoms with Gasteiger partial charge in [-0.1, -0.05) is 12.1 Å². The fourth-order valence-corrected chi connectivity index (χ4v) is 2.67. The molecule has 0 saturated carbocycles. The van der Waals surface area contributed by atoms with Crippen LogP contribution in [0.25, 0.3) is 11.0 Å². The summed E-state index contributed by atoms with van der Waals surface area (Å²) in [6.07, 6.45) is 0.534. The van der Waals surface area contributed by atoms with Crippen molar-refractivity contribution >= 4 is 16.9 Å². The van der Waals surface area contributed by atoms with Crippen LogP contribution in [0.3, 0.4) is 0 Å². The van der Waals surface area contributed by atoms with Crippen LogP contribution in [-0.2, 0) is 0 Å². The van der Waals surface area contributed by atoms with Crippen LogP contribution in [0.2, 0.25) is 0 Å². The van der Waals surface area contributed by atoms with Crippen molar-refractivity contribution in [1.82, 2.24) is 4.90 Å². The number of fused-ring (bicyclic) bond motifs is 1. The summed E-state index contributed by atoms with van der Waals surface area (Å²) in [5.41, 5.74) is -0.115. The molecule has 0 radical (unpaired) electrons. The van der Waals surface area contributed by atoms with Crippen molar-refractivity contribution in [2.45, 2.75) is 25.9 Å². The number of amides is 1. The molecule has 1 atom stereocenters. The summed E-state index contributed by atoms with van der Waals surface area (Å²) in [4.78, 5) is 14.0. The third kappa shape index (κ3) is 1.98. The van der Waals surface area contributed by atoms with Gasteiger partial charge in [0.25, 0.3) is 5.91 Å². The molecule has 1 aliphatic heterocycles. The summed E-state index contributed by atoms with van der Waals surface area (Å²) < 4.78 is 19.1. The van der Waals surface area contributed by atoms with E-state index in [4.69, 9.17) is 4.42 Å². The first-order valence-electron chi connectivity index (χ1n) is 6.58. The molecule has 1 saturated heterocycles. The van der Waals surface area contributed by atoms with Gasteiger partial charge in [-0.2, -0.15) is 0 Å². The number of carbonyl (C=O) groups excluding carboxylic acids is 1. The van der Waals surface area contributed by atoms with Gasteiger partial charge in [-0.15, -0.1) is 0 Å². The number of aryl methyl sites for hydroxylation is 1. The zero-order chi connectivity index (χ0) is 14.5. The number of rotatable bonds is 1. The van der Waals surface area contributed by atoms with Gasteiger partial charge in [-0.25, -0.2) is 4.39 Å². The van der Waals surface area contributed by atoms with Crippen molar-refractivity contribution in [2.75, 3.05) is 13.1 Å². The Morgan fingerprint density at radius 3 is 2.85 bits per heavy atom. The van der Waals surface area contributed by atoms with Crippen molar-refractivity contribution < 1.29 is 18.7 Å². The molecule has 1 amide bonds. The Kier molecular flexibility index (Phi) is 2.83. The topological polar surface area (TPSA) is 53.7 Å². The van der Waals surface area contributed by atoms with E-state index < -0.39 is 11.4 Å². The van der Waals surface area contributed by atoms with Crippen LogP contribution in [0.15, 0.2) is 22.6 Å². The summed E-state index contributed by atoms with van der Waals surface area (Å²) in [6, 6.07) is 4.63. The van der Waals surface area contributed by atoms with E-state index in [-0.39, 0.29) is 23.8 Å². The van der Waals surface area contributed by atoms with Crippen molar-refractivity contribution in [1.29, 1.82) is 0 Å². The molecule has 0 aliphatic carbocycles. The van der Waals surface area contributed by atoms with Crippen LogP contribution in [0, 0.1) is 12.7 Å². The van der Waals surface area contributed by atoms with E-state index in [1.165, 1.54) is 6.07 Å². The summed E-state index contributed by atoms with van der Waals surface area (Å²) >= 11 is 0. The van der Waals surface area contributed by atoms with E-state index in [0.717, 1.165) is 0 Å². The zero-order valence-corrected chi connectivity index (χ0v) is 11.4. The lowest BCUT2D eigenvalue weighted by Crippen LogP contribution is -2.33. The minimum atomic E-state index is -0.860. The summed E-state index contributed by atoms with van der Waals surface area (Å²) in [5.74, 6) is -0.614. The Bertz CT molecular complexity index is 690. The highest BCUT2D eigenvalue weighted by Gasteiger charge is 2.36. The molecule has 2 aromatic rings. The minimum Gasteiger partial charge on any atom is -0.448 e. The molecule has 1 aromatic heterocycles. The number of hydrogen-bond acceptors (Lipinski definition) is 3. The molecule has 2 heterocycles. The Morgan fingerprint density at radius 1 is 1.50 bits per heavy atom. The van der Waals surface area contributed by atoms with Gasteiger partial charge < -0.3 is 14.4 Å². The summed E-state index contributed by atoms with van der Waals surface area (Å²) in [7, 11) is 0. The molecule has 0 bridgehead atoms. The number of nitrogens with zero attached hydrogens (tertiary/aromatic N) is 1. The number of halogens is 1. The zero-order valence-electron chi connectivity index (χ0n) is 11.4. The average Bonchev–Trinajstić information content (AvgIpc) is 2.91. The molecule has 1 aliphatic rings. The molecule has 5 heteroatoms. The Hall–Kier alpha value is -1.88. The van der Waals surface area contributed by atoms with Crippen LogP contribution in [-0.4, -0.2) is 34.6 Å². The van der Waals surface area contributed by atoms with Gasteiger partial charge in [0, 0.05) is 24.0 Å². The van der Waals surface area contributed by atoms with Gasteiger partial charge >= 0.3 is 0 Å². The second kappa shape index (κ2) is 4.31. The number of benzene rings is 1. The first-order valence-corrected chi connectivity index (χ1v) is 6.58. The Morgan fingerprint density at radius 2 is 2.25 bits per heavy atom. The van der Waals surface area contributed by atoms with Crippen LogP contribution in [0.1, 0.15) is 29.5 Å². The summed E-state index contributed by atoms with van der Waals surface area (Å²) in [6.45, 7) is 4.19. The smallest absolute Gasteiger partial charge is 0.289 e. The average molecular weight is 277 g/mol. The minimum absolute atomic E-state index is 0.110. The van der Waals surface area contributed by atoms with Gasteiger partial charge in [0.05, 0.1) is 5.60 Å². The number of carbonyl (C=O) groups is 1. The number of furan rings is 1. The highest BCUT2D eigenvalue weighted by molar-refractivity contribution is 5.99. The lowest BCUT2D eigenvalue weighted by atomic mass is 10.1. The normalized spacial score (nSPS) is 22.7. The number of hydrogen-bond donors (Lipinski definition) is 1. The second-order valence-electron chi connectivity index (χ2n) is 5.65.